The first kappa shape index (κ1) is 18.0. The minimum Gasteiger partial charge on any atom is -0.274 e. The highest BCUT2D eigenvalue weighted by atomic mass is 16.2. The van der Waals surface area contributed by atoms with Crippen LogP contribution >= 0.6 is 0 Å². The van der Waals surface area contributed by atoms with E-state index in [-0.39, 0.29) is 53.2 Å². The molecule has 2 heterocycles. The highest BCUT2D eigenvalue weighted by Crippen LogP contribution is 2.56. The maximum atomic E-state index is 13.0. The molecule has 7 atom stereocenters. The molecule has 154 valence electrons. The van der Waals surface area contributed by atoms with Gasteiger partial charge in [0.2, 0.25) is 23.6 Å². The van der Waals surface area contributed by atoms with Gasteiger partial charge < -0.3 is 0 Å². The van der Waals surface area contributed by atoms with Gasteiger partial charge in [-0.25, -0.2) is 0 Å². The average Bonchev–Trinajstić information content (AvgIpc) is 3.47. The smallest absolute Gasteiger partial charge is 0.238 e. The largest absolute Gasteiger partial charge is 0.274 e. The van der Waals surface area contributed by atoms with Gasteiger partial charge in [0, 0.05) is 0 Å². The molecular weight excluding hydrogens is 380 g/mol. The van der Waals surface area contributed by atoms with Crippen molar-refractivity contribution in [2.45, 2.75) is 32.6 Å². The normalized spacial score (nSPS) is 39.3. The van der Waals surface area contributed by atoms with Crippen LogP contribution in [0.25, 0.3) is 0 Å². The fourth-order valence-corrected chi connectivity index (χ4v) is 6.82. The Labute approximate surface area is 174 Å². The standard InChI is InChI=1S/C24H24N2O4/c1-12-3-2-4-17-18(12)22(28)25(21(17)27)15-7-9-16(10-8-15)26-23(29)19-13-5-6-14(11-13)20(19)24(26)30/h2-3,7-10,12-14,17-20H,4-6,11H2,1H3/t12-,13-,14+,17-,18-,19-,20+/m1/s1. The van der Waals surface area contributed by atoms with E-state index in [1.54, 1.807) is 24.3 Å². The number of fused-ring (bicyclic) bond motifs is 6. The van der Waals surface area contributed by atoms with E-state index in [9.17, 15) is 19.2 Å². The maximum Gasteiger partial charge on any atom is 0.238 e. The molecule has 6 heteroatoms. The van der Waals surface area contributed by atoms with Crippen molar-refractivity contribution in [3.63, 3.8) is 0 Å². The van der Waals surface area contributed by atoms with Crippen LogP contribution in [0.1, 0.15) is 32.6 Å². The average molecular weight is 404 g/mol. The van der Waals surface area contributed by atoms with Gasteiger partial charge in [-0.1, -0.05) is 19.1 Å². The molecule has 30 heavy (non-hydrogen) atoms. The van der Waals surface area contributed by atoms with E-state index in [1.807, 2.05) is 19.1 Å². The lowest BCUT2D eigenvalue weighted by molar-refractivity contribution is -0.124. The zero-order valence-corrected chi connectivity index (χ0v) is 16.9. The van der Waals surface area contributed by atoms with Crippen molar-refractivity contribution in [2.75, 3.05) is 9.80 Å². The summed E-state index contributed by atoms with van der Waals surface area (Å²) in [6, 6.07) is 6.75. The summed E-state index contributed by atoms with van der Waals surface area (Å²) in [5.74, 6) is -0.661. The predicted octanol–water partition coefficient (Wildman–Crippen LogP) is 2.92. The minimum atomic E-state index is -0.307. The molecule has 1 aromatic rings. The van der Waals surface area contributed by atoms with E-state index in [2.05, 4.69) is 0 Å². The van der Waals surface area contributed by atoms with E-state index in [4.69, 9.17) is 0 Å². The molecule has 3 aliphatic carbocycles. The maximum absolute atomic E-state index is 13.0. The molecular formula is C24H24N2O4. The Morgan fingerprint density at radius 3 is 1.77 bits per heavy atom. The number of anilines is 2. The van der Waals surface area contributed by atoms with Crippen molar-refractivity contribution in [3.05, 3.63) is 36.4 Å². The van der Waals surface area contributed by atoms with Crippen molar-refractivity contribution < 1.29 is 19.2 Å². The number of carbonyl (C=O) groups excluding carboxylic acids is 4. The van der Waals surface area contributed by atoms with Gasteiger partial charge in [-0.15, -0.1) is 0 Å². The first-order valence-electron chi connectivity index (χ1n) is 11.0. The Morgan fingerprint density at radius 2 is 1.23 bits per heavy atom. The van der Waals surface area contributed by atoms with Crippen LogP contribution in [-0.4, -0.2) is 23.6 Å². The molecule has 2 aliphatic heterocycles. The third-order valence-corrected chi connectivity index (χ3v) is 8.17. The summed E-state index contributed by atoms with van der Waals surface area (Å²) in [4.78, 5) is 54.5. The summed E-state index contributed by atoms with van der Waals surface area (Å²) in [7, 11) is 0. The lowest BCUT2D eigenvalue weighted by Gasteiger charge is -2.22. The predicted molar refractivity (Wildman–Crippen MR) is 109 cm³/mol. The van der Waals surface area contributed by atoms with Gasteiger partial charge in [0.25, 0.3) is 0 Å². The van der Waals surface area contributed by atoms with E-state index in [0.717, 1.165) is 19.3 Å². The molecule has 0 N–H and O–H groups in total. The van der Waals surface area contributed by atoms with E-state index < -0.39 is 0 Å². The van der Waals surface area contributed by atoms with Gasteiger partial charge in [0.05, 0.1) is 35.0 Å². The van der Waals surface area contributed by atoms with Crippen molar-refractivity contribution >= 4 is 35.0 Å². The van der Waals surface area contributed by atoms with Crippen LogP contribution in [0, 0.1) is 41.4 Å². The lowest BCUT2D eigenvalue weighted by atomic mass is 9.78. The number of imide groups is 2. The Kier molecular flexibility index (Phi) is 3.68. The first-order chi connectivity index (χ1) is 14.5. The summed E-state index contributed by atoms with van der Waals surface area (Å²) in [6.45, 7) is 1.97. The highest BCUT2D eigenvalue weighted by molar-refractivity contribution is 6.24. The summed E-state index contributed by atoms with van der Waals surface area (Å²) < 4.78 is 0. The number of nitrogens with zero attached hydrogens (tertiary/aromatic N) is 2. The number of rotatable bonds is 2. The SMILES string of the molecule is C[C@@H]1C=CC[C@H]2C(=O)N(c3ccc(N4C(=O)[C@@H]5[C@@H]6CC[C@@H](C6)[C@@H]5C4=O)cc3)C(=O)[C@H]12. The van der Waals surface area contributed by atoms with Crippen LogP contribution in [0.3, 0.4) is 0 Å². The Bertz CT molecular complexity index is 964. The van der Waals surface area contributed by atoms with E-state index >= 15 is 0 Å². The van der Waals surface area contributed by atoms with Crippen molar-refractivity contribution in [1.29, 1.82) is 0 Å². The molecule has 0 radical (unpaired) electrons. The van der Waals surface area contributed by atoms with E-state index in [0.29, 0.717) is 29.6 Å². The van der Waals surface area contributed by atoms with Crippen LogP contribution in [0.15, 0.2) is 36.4 Å². The fraction of sp³-hybridized carbons (Fsp3) is 0.500. The molecule has 0 unspecified atom stereocenters. The summed E-state index contributed by atoms with van der Waals surface area (Å²) in [6.07, 6.45) is 7.69. The highest BCUT2D eigenvalue weighted by Gasteiger charge is 2.61. The third kappa shape index (κ3) is 2.19. The van der Waals surface area contributed by atoms with Gasteiger partial charge in [0.1, 0.15) is 0 Å². The molecule has 2 bridgehead atoms. The van der Waals surface area contributed by atoms with Gasteiger partial charge in [0.15, 0.2) is 0 Å². The molecule has 1 aromatic carbocycles. The molecule has 4 amide bonds. The van der Waals surface area contributed by atoms with Gasteiger partial charge in [-0.3, -0.25) is 29.0 Å². The lowest BCUT2D eigenvalue weighted by Crippen LogP contribution is -2.33. The quantitative estimate of drug-likeness (QED) is 0.561. The van der Waals surface area contributed by atoms with E-state index in [1.165, 1.54) is 9.80 Å². The second-order valence-corrected chi connectivity index (χ2v) is 9.58. The topological polar surface area (TPSA) is 74.8 Å². The Hall–Kier alpha value is -2.76. The summed E-state index contributed by atoms with van der Waals surface area (Å²) in [5.41, 5.74) is 1.05. The molecule has 4 fully saturated rings. The molecule has 6 rings (SSSR count). The fourth-order valence-electron chi connectivity index (χ4n) is 6.82. The molecule has 0 spiro atoms. The zero-order valence-electron chi connectivity index (χ0n) is 16.9. The van der Waals surface area contributed by atoms with Crippen LogP contribution in [0.2, 0.25) is 0 Å². The number of amides is 4. The second-order valence-electron chi connectivity index (χ2n) is 9.58. The molecule has 0 aromatic heterocycles. The zero-order chi connectivity index (χ0) is 20.7. The van der Waals surface area contributed by atoms with Crippen molar-refractivity contribution in [3.8, 4) is 0 Å². The van der Waals surface area contributed by atoms with Crippen LogP contribution in [0.5, 0.6) is 0 Å². The number of carbonyl (C=O) groups is 4. The molecule has 5 aliphatic rings. The first-order valence-corrected chi connectivity index (χ1v) is 11.0. The van der Waals surface area contributed by atoms with Crippen LogP contribution < -0.4 is 9.80 Å². The number of allylic oxidation sites excluding steroid dienone is 2. The van der Waals surface area contributed by atoms with Crippen LogP contribution in [-0.2, 0) is 19.2 Å². The monoisotopic (exact) mass is 404 g/mol. The van der Waals surface area contributed by atoms with Crippen molar-refractivity contribution in [2.24, 2.45) is 41.4 Å². The van der Waals surface area contributed by atoms with Gasteiger partial charge >= 0.3 is 0 Å². The Balaban J connectivity index is 1.28. The van der Waals surface area contributed by atoms with Gasteiger partial charge in [-0.05, 0) is 67.7 Å². The summed E-state index contributed by atoms with van der Waals surface area (Å²) >= 11 is 0. The molecule has 2 saturated carbocycles. The molecule has 6 nitrogen and oxygen atoms in total. The van der Waals surface area contributed by atoms with Gasteiger partial charge in [-0.2, -0.15) is 0 Å². The minimum absolute atomic E-state index is 0.0408. The Morgan fingerprint density at radius 1 is 0.733 bits per heavy atom. The number of hydrogen-bond donors (Lipinski definition) is 0. The molecule has 2 saturated heterocycles. The third-order valence-electron chi connectivity index (χ3n) is 8.17. The van der Waals surface area contributed by atoms with Crippen LogP contribution in [0.4, 0.5) is 11.4 Å². The second kappa shape index (κ2) is 6.13. The number of hydrogen-bond acceptors (Lipinski definition) is 4. The number of benzene rings is 1. The van der Waals surface area contributed by atoms with Crippen molar-refractivity contribution in [1.82, 2.24) is 0 Å². The summed E-state index contributed by atoms with van der Waals surface area (Å²) in [5, 5.41) is 0.